The molecule has 1 aliphatic heterocycles. The van der Waals surface area contributed by atoms with Gasteiger partial charge in [0.15, 0.2) is 0 Å². The topological polar surface area (TPSA) is 38.4 Å². The zero-order valence-electron chi connectivity index (χ0n) is 7.91. The fourth-order valence-electron chi connectivity index (χ4n) is 0.982. The molecule has 0 saturated carbocycles. The third-order valence-electron chi connectivity index (χ3n) is 1.86. The van der Waals surface area contributed by atoms with Gasteiger partial charge < -0.3 is 5.73 Å². The molecule has 0 radical (unpaired) electrons. The van der Waals surface area contributed by atoms with Crippen LogP contribution in [0.4, 0.5) is 0 Å². The van der Waals surface area contributed by atoms with Crippen LogP contribution in [0.15, 0.2) is 28.9 Å². The summed E-state index contributed by atoms with van der Waals surface area (Å²) in [5.41, 5.74) is 6.86. The Balaban J connectivity index is 2.86. The molecule has 2 heteroatoms. The van der Waals surface area contributed by atoms with E-state index in [1.165, 1.54) is 0 Å². The normalized spacial score (nSPS) is 23.2. The summed E-state index contributed by atoms with van der Waals surface area (Å²) in [4.78, 5) is 4.20. The first-order valence-corrected chi connectivity index (χ1v) is 4.20. The zero-order chi connectivity index (χ0) is 9.19. The summed E-state index contributed by atoms with van der Waals surface area (Å²) >= 11 is 0. The molecule has 12 heavy (non-hydrogen) atoms. The highest BCUT2D eigenvalue weighted by Gasteiger charge is 2.12. The SMILES string of the molecule is CC(N)C1=CN=CC(C)(C)C=C1. The van der Waals surface area contributed by atoms with Gasteiger partial charge in [-0.25, -0.2) is 0 Å². The van der Waals surface area contributed by atoms with Crippen LogP contribution in [0, 0.1) is 5.41 Å². The van der Waals surface area contributed by atoms with E-state index in [2.05, 4.69) is 31.0 Å². The van der Waals surface area contributed by atoms with Gasteiger partial charge in [0.2, 0.25) is 0 Å². The molecule has 1 heterocycles. The Morgan fingerprint density at radius 2 is 2.17 bits per heavy atom. The Labute approximate surface area is 73.9 Å². The molecule has 0 aliphatic carbocycles. The molecule has 1 rings (SSSR count). The average Bonchev–Trinajstić information content (AvgIpc) is 2.10. The fraction of sp³-hybridized carbons (Fsp3) is 0.500. The molecule has 0 saturated heterocycles. The van der Waals surface area contributed by atoms with Crippen molar-refractivity contribution in [2.75, 3.05) is 0 Å². The van der Waals surface area contributed by atoms with Crippen LogP contribution in [0.25, 0.3) is 0 Å². The highest BCUT2D eigenvalue weighted by Crippen LogP contribution is 2.18. The van der Waals surface area contributed by atoms with E-state index in [-0.39, 0.29) is 11.5 Å². The molecule has 1 atom stereocenters. The smallest absolute Gasteiger partial charge is 0.0311 e. The van der Waals surface area contributed by atoms with Crippen LogP contribution in [0.2, 0.25) is 0 Å². The van der Waals surface area contributed by atoms with Crippen LogP contribution in [-0.2, 0) is 0 Å². The predicted molar refractivity (Wildman–Crippen MR) is 53.1 cm³/mol. The number of nitrogens with two attached hydrogens (primary N) is 1. The van der Waals surface area contributed by atoms with Crippen LogP contribution >= 0.6 is 0 Å². The van der Waals surface area contributed by atoms with Crippen molar-refractivity contribution in [1.29, 1.82) is 0 Å². The first-order chi connectivity index (χ1) is 5.51. The van der Waals surface area contributed by atoms with Crippen molar-refractivity contribution < 1.29 is 0 Å². The molecule has 0 bridgehead atoms. The van der Waals surface area contributed by atoms with Gasteiger partial charge in [0.1, 0.15) is 0 Å². The van der Waals surface area contributed by atoms with Gasteiger partial charge in [-0.05, 0) is 12.5 Å². The monoisotopic (exact) mass is 164 g/mol. The quantitative estimate of drug-likeness (QED) is 0.631. The first-order valence-electron chi connectivity index (χ1n) is 4.20. The molecule has 1 unspecified atom stereocenters. The van der Waals surface area contributed by atoms with E-state index in [9.17, 15) is 0 Å². The van der Waals surface area contributed by atoms with Crippen molar-refractivity contribution in [2.24, 2.45) is 16.1 Å². The van der Waals surface area contributed by atoms with Gasteiger partial charge in [-0.15, -0.1) is 0 Å². The predicted octanol–water partition coefficient (Wildman–Crippen LogP) is 1.88. The van der Waals surface area contributed by atoms with Crippen molar-refractivity contribution >= 4 is 6.21 Å². The van der Waals surface area contributed by atoms with Crippen LogP contribution < -0.4 is 5.73 Å². The minimum atomic E-state index is 0.0488. The maximum atomic E-state index is 5.73. The Morgan fingerprint density at radius 3 is 2.75 bits per heavy atom. The Bertz CT molecular complexity index is 245. The van der Waals surface area contributed by atoms with E-state index in [0.717, 1.165) is 5.57 Å². The summed E-state index contributed by atoms with van der Waals surface area (Å²) in [6.07, 6.45) is 7.94. The van der Waals surface area contributed by atoms with Crippen molar-refractivity contribution in [2.45, 2.75) is 26.8 Å². The standard InChI is InChI=1S/C10H16N2/c1-8(11)9-4-5-10(2,3)7-12-6-9/h4-8H,11H2,1-3H3. The molecular formula is C10H16N2. The highest BCUT2D eigenvalue weighted by atomic mass is 14.7. The lowest BCUT2D eigenvalue weighted by molar-refractivity contribution is 0.694. The Hall–Kier alpha value is -0.890. The number of rotatable bonds is 1. The summed E-state index contributed by atoms with van der Waals surface area (Å²) in [6.45, 7) is 6.19. The second kappa shape index (κ2) is 3.23. The van der Waals surface area contributed by atoms with Gasteiger partial charge in [0.25, 0.3) is 0 Å². The fourth-order valence-corrected chi connectivity index (χ4v) is 0.982. The number of nitrogens with zero attached hydrogens (tertiary/aromatic N) is 1. The maximum absolute atomic E-state index is 5.73. The molecule has 1 aliphatic rings. The van der Waals surface area contributed by atoms with E-state index in [1.807, 2.05) is 19.3 Å². The van der Waals surface area contributed by atoms with Crippen molar-refractivity contribution in [1.82, 2.24) is 0 Å². The minimum absolute atomic E-state index is 0.0488. The summed E-state index contributed by atoms with van der Waals surface area (Å²) in [5, 5.41) is 0. The largest absolute Gasteiger partial charge is 0.324 e. The van der Waals surface area contributed by atoms with Gasteiger partial charge in [-0.1, -0.05) is 26.0 Å². The molecule has 0 spiro atoms. The summed E-state index contributed by atoms with van der Waals surface area (Å²) in [6, 6.07) is 0.0623. The van der Waals surface area contributed by atoms with Crippen LogP contribution in [-0.4, -0.2) is 12.3 Å². The minimum Gasteiger partial charge on any atom is -0.324 e. The van der Waals surface area contributed by atoms with E-state index < -0.39 is 0 Å². The van der Waals surface area contributed by atoms with Crippen molar-refractivity contribution in [3.63, 3.8) is 0 Å². The third kappa shape index (κ3) is 2.31. The van der Waals surface area contributed by atoms with Crippen molar-refractivity contribution in [3.8, 4) is 0 Å². The molecule has 0 amide bonds. The number of aliphatic imine (C=N–C) groups is 1. The van der Waals surface area contributed by atoms with Gasteiger partial charge in [-0.3, -0.25) is 4.99 Å². The molecule has 0 aromatic carbocycles. The van der Waals surface area contributed by atoms with Gasteiger partial charge in [0, 0.05) is 23.9 Å². The summed E-state index contributed by atoms with van der Waals surface area (Å²) < 4.78 is 0. The van der Waals surface area contributed by atoms with Crippen LogP contribution in [0.1, 0.15) is 20.8 Å². The molecule has 0 fully saturated rings. The van der Waals surface area contributed by atoms with E-state index in [1.54, 1.807) is 0 Å². The third-order valence-corrected chi connectivity index (χ3v) is 1.86. The molecule has 66 valence electrons. The van der Waals surface area contributed by atoms with Crippen molar-refractivity contribution in [3.05, 3.63) is 23.9 Å². The molecule has 2 N–H and O–H groups in total. The number of allylic oxidation sites excluding steroid dienone is 1. The number of hydrogen-bond donors (Lipinski definition) is 1. The summed E-state index contributed by atoms with van der Waals surface area (Å²) in [5.74, 6) is 0. The molecule has 0 aromatic rings. The van der Waals surface area contributed by atoms with Gasteiger partial charge in [-0.2, -0.15) is 0 Å². The molecule has 0 aromatic heterocycles. The second-order valence-electron chi connectivity index (χ2n) is 3.85. The lowest BCUT2D eigenvalue weighted by Gasteiger charge is -2.11. The van der Waals surface area contributed by atoms with Gasteiger partial charge >= 0.3 is 0 Å². The summed E-state index contributed by atoms with van der Waals surface area (Å²) in [7, 11) is 0. The highest BCUT2D eigenvalue weighted by molar-refractivity contribution is 5.69. The van der Waals surface area contributed by atoms with E-state index in [0.29, 0.717) is 0 Å². The Kier molecular flexibility index (Phi) is 2.48. The molecule has 2 nitrogen and oxygen atoms in total. The first kappa shape index (κ1) is 9.20. The maximum Gasteiger partial charge on any atom is 0.0311 e. The zero-order valence-corrected chi connectivity index (χ0v) is 7.91. The molecular weight excluding hydrogens is 148 g/mol. The number of hydrogen-bond acceptors (Lipinski definition) is 2. The van der Waals surface area contributed by atoms with Gasteiger partial charge in [0.05, 0.1) is 0 Å². The second-order valence-corrected chi connectivity index (χ2v) is 3.85. The Morgan fingerprint density at radius 1 is 1.50 bits per heavy atom. The van der Waals surface area contributed by atoms with E-state index in [4.69, 9.17) is 5.73 Å². The average molecular weight is 164 g/mol. The van der Waals surface area contributed by atoms with Crippen LogP contribution in [0.5, 0.6) is 0 Å². The van der Waals surface area contributed by atoms with Crippen LogP contribution in [0.3, 0.4) is 0 Å². The lowest BCUT2D eigenvalue weighted by Crippen LogP contribution is -2.16. The van der Waals surface area contributed by atoms with E-state index >= 15 is 0 Å². The lowest BCUT2D eigenvalue weighted by atomic mass is 9.94.